The van der Waals surface area contributed by atoms with Crippen LogP contribution in [0.3, 0.4) is 0 Å². The number of amides is 1. The number of carbonyl (C=O) groups excluding carboxylic acids is 1. The van der Waals surface area contributed by atoms with E-state index >= 15 is 0 Å². The van der Waals surface area contributed by atoms with Crippen molar-refractivity contribution in [3.8, 4) is 5.75 Å². The van der Waals surface area contributed by atoms with Gasteiger partial charge in [0, 0.05) is 0 Å². The van der Waals surface area contributed by atoms with Gasteiger partial charge in [0.2, 0.25) is 0 Å². The molecule has 0 radical (unpaired) electrons. The molecule has 0 aromatic heterocycles. The van der Waals surface area contributed by atoms with Crippen LogP contribution in [-0.2, 0) is 0 Å². The topological polar surface area (TPSA) is 52.3 Å². The van der Waals surface area contributed by atoms with Gasteiger partial charge in [0.25, 0.3) is 5.91 Å². The first kappa shape index (κ1) is 10.5. The van der Waals surface area contributed by atoms with Gasteiger partial charge in [0.1, 0.15) is 17.1 Å². The SMILES string of the molecule is CC(C)Oc1cccc(F)c1C(N)=O. The number of nitrogens with two attached hydrogens (primary N) is 1. The van der Waals surface area contributed by atoms with Gasteiger partial charge in [-0.05, 0) is 26.0 Å². The van der Waals surface area contributed by atoms with E-state index in [1.54, 1.807) is 13.8 Å². The third-order valence-electron chi connectivity index (χ3n) is 1.58. The van der Waals surface area contributed by atoms with Gasteiger partial charge in [0.05, 0.1) is 6.10 Å². The molecule has 1 aromatic rings. The second-order valence-corrected chi connectivity index (χ2v) is 3.14. The van der Waals surface area contributed by atoms with E-state index in [0.29, 0.717) is 0 Å². The van der Waals surface area contributed by atoms with E-state index in [1.807, 2.05) is 0 Å². The van der Waals surface area contributed by atoms with Gasteiger partial charge in [-0.3, -0.25) is 4.79 Å². The van der Waals surface area contributed by atoms with Crippen molar-refractivity contribution in [3.63, 3.8) is 0 Å². The van der Waals surface area contributed by atoms with Crippen LogP contribution in [0.2, 0.25) is 0 Å². The summed E-state index contributed by atoms with van der Waals surface area (Å²) in [7, 11) is 0. The maximum absolute atomic E-state index is 13.2. The minimum absolute atomic E-state index is 0.130. The number of hydrogen-bond acceptors (Lipinski definition) is 2. The van der Waals surface area contributed by atoms with E-state index in [2.05, 4.69) is 0 Å². The molecule has 2 N–H and O–H groups in total. The minimum atomic E-state index is -0.821. The molecule has 3 nitrogen and oxygen atoms in total. The third-order valence-corrected chi connectivity index (χ3v) is 1.58. The Kier molecular flexibility index (Phi) is 3.06. The summed E-state index contributed by atoms with van der Waals surface area (Å²) in [5.74, 6) is -1.29. The average molecular weight is 197 g/mol. The highest BCUT2D eigenvalue weighted by Gasteiger charge is 2.15. The molecule has 0 aliphatic carbocycles. The highest BCUT2D eigenvalue weighted by molar-refractivity contribution is 5.95. The smallest absolute Gasteiger partial charge is 0.255 e. The quantitative estimate of drug-likeness (QED) is 0.801. The molecule has 1 amide bonds. The maximum Gasteiger partial charge on any atom is 0.255 e. The van der Waals surface area contributed by atoms with Crippen molar-refractivity contribution in [1.82, 2.24) is 0 Å². The lowest BCUT2D eigenvalue weighted by molar-refractivity contribution is 0.0990. The maximum atomic E-state index is 13.2. The number of ether oxygens (including phenoxy) is 1. The molecule has 0 aliphatic rings. The Hall–Kier alpha value is -1.58. The van der Waals surface area contributed by atoms with Gasteiger partial charge in [-0.15, -0.1) is 0 Å². The van der Waals surface area contributed by atoms with Crippen molar-refractivity contribution in [2.45, 2.75) is 20.0 Å². The monoisotopic (exact) mass is 197 g/mol. The molecule has 0 saturated carbocycles. The molecular formula is C10H12FNO2. The van der Waals surface area contributed by atoms with Gasteiger partial charge >= 0.3 is 0 Å². The van der Waals surface area contributed by atoms with Crippen molar-refractivity contribution < 1.29 is 13.9 Å². The number of primary amides is 1. The Labute approximate surface area is 81.7 Å². The van der Waals surface area contributed by atoms with Crippen molar-refractivity contribution >= 4 is 5.91 Å². The molecule has 0 spiro atoms. The lowest BCUT2D eigenvalue weighted by Crippen LogP contribution is -2.17. The minimum Gasteiger partial charge on any atom is -0.490 e. The fourth-order valence-electron chi connectivity index (χ4n) is 1.10. The van der Waals surface area contributed by atoms with E-state index in [1.165, 1.54) is 18.2 Å². The van der Waals surface area contributed by atoms with Crippen LogP contribution in [0.5, 0.6) is 5.75 Å². The van der Waals surface area contributed by atoms with Crippen LogP contribution < -0.4 is 10.5 Å². The summed E-state index contributed by atoms with van der Waals surface area (Å²) >= 11 is 0. The predicted molar refractivity (Wildman–Crippen MR) is 50.7 cm³/mol. The fourth-order valence-corrected chi connectivity index (χ4v) is 1.10. The first-order chi connectivity index (χ1) is 6.52. The molecule has 0 aliphatic heterocycles. The van der Waals surface area contributed by atoms with Crippen molar-refractivity contribution in [3.05, 3.63) is 29.6 Å². The van der Waals surface area contributed by atoms with Crippen molar-refractivity contribution in [2.24, 2.45) is 5.73 Å². The first-order valence-corrected chi connectivity index (χ1v) is 4.27. The van der Waals surface area contributed by atoms with Gasteiger partial charge in [-0.1, -0.05) is 6.07 Å². The molecule has 0 bridgehead atoms. The molecule has 0 unspecified atom stereocenters. The number of hydrogen-bond donors (Lipinski definition) is 1. The summed E-state index contributed by atoms with van der Waals surface area (Å²) in [6, 6.07) is 4.16. The van der Waals surface area contributed by atoms with E-state index in [9.17, 15) is 9.18 Å². The summed E-state index contributed by atoms with van der Waals surface area (Å²) in [6.45, 7) is 3.57. The van der Waals surface area contributed by atoms with Crippen LogP contribution in [0.15, 0.2) is 18.2 Å². The lowest BCUT2D eigenvalue weighted by atomic mass is 10.2. The highest BCUT2D eigenvalue weighted by atomic mass is 19.1. The van der Waals surface area contributed by atoms with Crippen LogP contribution in [0.25, 0.3) is 0 Å². The zero-order valence-electron chi connectivity index (χ0n) is 8.08. The van der Waals surface area contributed by atoms with Gasteiger partial charge in [-0.25, -0.2) is 4.39 Å². The van der Waals surface area contributed by atoms with Gasteiger partial charge in [0.15, 0.2) is 0 Å². The Bertz CT molecular complexity index is 350. The molecule has 14 heavy (non-hydrogen) atoms. The lowest BCUT2D eigenvalue weighted by Gasteiger charge is -2.12. The fraction of sp³-hybridized carbons (Fsp3) is 0.300. The standard InChI is InChI=1S/C10H12FNO2/c1-6(2)14-8-5-3-4-7(11)9(8)10(12)13/h3-6H,1-2H3,(H2,12,13). The van der Waals surface area contributed by atoms with E-state index in [4.69, 9.17) is 10.5 Å². The molecule has 0 fully saturated rings. The van der Waals surface area contributed by atoms with Gasteiger partial charge < -0.3 is 10.5 Å². The average Bonchev–Trinajstić information content (AvgIpc) is 2.01. The molecule has 4 heteroatoms. The van der Waals surface area contributed by atoms with Gasteiger partial charge in [-0.2, -0.15) is 0 Å². The Morgan fingerprint density at radius 1 is 1.50 bits per heavy atom. The van der Waals surface area contributed by atoms with E-state index < -0.39 is 11.7 Å². The second-order valence-electron chi connectivity index (χ2n) is 3.14. The zero-order chi connectivity index (χ0) is 10.7. The van der Waals surface area contributed by atoms with Crippen LogP contribution in [-0.4, -0.2) is 12.0 Å². The normalized spacial score (nSPS) is 10.3. The summed E-state index contributed by atoms with van der Waals surface area (Å²) in [5, 5.41) is 0. The second kappa shape index (κ2) is 4.09. The molecule has 0 heterocycles. The van der Waals surface area contributed by atoms with E-state index in [-0.39, 0.29) is 17.4 Å². The third kappa shape index (κ3) is 2.22. The number of halogens is 1. The molecular weight excluding hydrogens is 185 g/mol. The Balaban J connectivity index is 3.14. The Morgan fingerprint density at radius 3 is 2.64 bits per heavy atom. The van der Waals surface area contributed by atoms with Crippen molar-refractivity contribution in [2.75, 3.05) is 0 Å². The number of rotatable bonds is 3. The molecule has 0 saturated heterocycles. The molecule has 1 aromatic carbocycles. The molecule has 1 rings (SSSR count). The van der Waals surface area contributed by atoms with Crippen LogP contribution in [0, 0.1) is 5.82 Å². The van der Waals surface area contributed by atoms with E-state index in [0.717, 1.165) is 0 Å². The van der Waals surface area contributed by atoms with Crippen molar-refractivity contribution in [1.29, 1.82) is 0 Å². The summed E-state index contributed by atoms with van der Waals surface area (Å²) < 4.78 is 18.4. The summed E-state index contributed by atoms with van der Waals surface area (Å²) in [4.78, 5) is 10.9. The first-order valence-electron chi connectivity index (χ1n) is 4.27. The molecule has 0 atom stereocenters. The Morgan fingerprint density at radius 2 is 2.14 bits per heavy atom. The van der Waals surface area contributed by atoms with Crippen LogP contribution in [0.1, 0.15) is 24.2 Å². The molecule has 76 valence electrons. The predicted octanol–water partition coefficient (Wildman–Crippen LogP) is 1.71. The summed E-state index contributed by atoms with van der Waals surface area (Å²) in [5.41, 5.74) is 4.84. The summed E-state index contributed by atoms with van der Waals surface area (Å²) in [6.07, 6.45) is -0.130. The van der Waals surface area contributed by atoms with Crippen LogP contribution in [0.4, 0.5) is 4.39 Å². The largest absolute Gasteiger partial charge is 0.490 e. The number of benzene rings is 1. The highest BCUT2D eigenvalue weighted by Crippen LogP contribution is 2.21. The zero-order valence-corrected chi connectivity index (χ0v) is 8.08. The van der Waals surface area contributed by atoms with Crippen LogP contribution >= 0.6 is 0 Å². The number of carbonyl (C=O) groups is 1.